The Morgan fingerprint density at radius 2 is 1.92 bits per heavy atom. The molecule has 0 atom stereocenters. The van der Waals surface area contributed by atoms with E-state index in [4.69, 9.17) is 0 Å². The summed E-state index contributed by atoms with van der Waals surface area (Å²) in [5.74, 6) is -0.589. The number of para-hydroxylation sites is 1. The number of carbonyl (C=O) groups excluding carboxylic acids is 1. The Kier molecular flexibility index (Phi) is 3.80. The van der Waals surface area contributed by atoms with Gasteiger partial charge in [0.1, 0.15) is 5.82 Å². The highest BCUT2D eigenvalue weighted by atomic mass is 19.1. The summed E-state index contributed by atoms with van der Waals surface area (Å²) in [4.78, 5) is 16.1. The zero-order valence-electron chi connectivity index (χ0n) is 13.8. The monoisotopic (exact) mass is 336 g/mol. The summed E-state index contributed by atoms with van der Waals surface area (Å²) in [7, 11) is 0. The Hall–Kier alpha value is -3.02. The van der Waals surface area contributed by atoms with E-state index in [-0.39, 0.29) is 11.7 Å². The maximum absolute atomic E-state index is 13.7. The van der Waals surface area contributed by atoms with E-state index in [1.165, 1.54) is 16.9 Å². The third-order valence-corrected chi connectivity index (χ3v) is 4.38. The molecular weight excluding hydrogens is 319 g/mol. The topological polar surface area (TPSA) is 51.0 Å². The molecule has 0 fully saturated rings. The van der Waals surface area contributed by atoms with Crippen LogP contribution < -0.4 is 4.90 Å². The van der Waals surface area contributed by atoms with E-state index in [1.54, 1.807) is 17.9 Å². The van der Waals surface area contributed by atoms with Gasteiger partial charge in [0, 0.05) is 6.54 Å². The molecule has 5 nitrogen and oxygen atoms in total. The lowest BCUT2D eigenvalue weighted by Gasteiger charge is -2.29. The molecule has 2 heterocycles. The van der Waals surface area contributed by atoms with Crippen molar-refractivity contribution in [3.63, 3.8) is 0 Å². The highest BCUT2D eigenvalue weighted by molar-refractivity contribution is 6.06. The molecule has 6 heteroatoms. The van der Waals surface area contributed by atoms with Crippen LogP contribution in [-0.4, -0.2) is 27.4 Å². The number of hydrogen-bond donors (Lipinski definition) is 0. The summed E-state index contributed by atoms with van der Waals surface area (Å²) in [6.07, 6.45) is 1.69. The minimum Gasteiger partial charge on any atom is -0.307 e. The average molecular weight is 336 g/mol. The van der Waals surface area contributed by atoms with Crippen LogP contribution in [0, 0.1) is 12.7 Å². The van der Waals surface area contributed by atoms with Gasteiger partial charge in [-0.3, -0.25) is 4.79 Å². The lowest BCUT2D eigenvalue weighted by Crippen LogP contribution is -2.36. The second-order valence-corrected chi connectivity index (χ2v) is 6.09. The molecule has 1 aromatic heterocycles. The number of amides is 1. The van der Waals surface area contributed by atoms with Crippen molar-refractivity contribution in [2.45, 2.75) is 19.8 Å². The summed E-state index contributed by atoms with van der Waals surface area (Å²) in [6.45, 7) is 2.31. The first-order valence-corrected chi connectivity index (χ1v) is 8.23. The van der Waals surface area contributed by atoms with Gasteiger partial charge in [0.05, 0.1) is 17.1 Å². The number of fused-ring (bicyclic) bond motifs is 1. The van der Waals surface area contributed by atoms with Crippen molar-refractivity contribution in [2.75, 3.05) is 11.4 Å². The minimum absolute atomic E-state index is 0.244. The molecule has 1 aliphatic heterocycles. The van der Waals surface area contributed by atoms with E-state index in [0.29, 0.717) is 23.6 Å². The summed E-state index contributed by atoms with van der Waals surface area (Å²) < 4.78 is 13.7. The maximum Gasteiger partial charge on any atom is 0.280 e. The zero-order valence-corrected chi connectivity index (χ0v) is 13.8. The zero-order chi connectivity index (χ0) is 17.4. The molecule has 2 aromatic carbocycles. The van der Waals surface area contributed by atoms with Crippen molar-refractivity contribution in [2.24, 2.45) is 0 Å². The Morgan fingerprint density at radius 3 is 2.72 bits per heavy atom. The van der Waals surface area contributed by atoms with Crippen molar-refractivity contribution < 1.29 is 9.18 Å². The Labute approximate surface area is 144 Å². The first kappa shape index (κ1) is 15.5. The minimum atomic E-state index is -0.344. The van der Waals surface area contributed by atoms with Gasteiger partial charge in [-0.1, -0.05) is 24.3 Å². The molecule has 3 aromatic rings. The van der Waals surface area contributed by atoms with Crippen LogP contribution in [0.15, 0.2) is 48.5 Å². The number of nitrogens with zero attached hydrogens (tertiary/aromatic N) is 4. The van der Waals surface area contributed by atoms with Crippen LogP contribution >= 0.6 is 0 Å². The molecule has 0 unspecified atom stereocenters. The molecular formula is C19H17FN4O. The van der Waals surface area contributed by atoms with Gasteiger partial charge in [-0.2, -0.15) is 9.90 Å². The number of rotatable bonds is 2. The lowest BCUT2D eigenvalue weighted by atomic mass is 10.0. The molecule has 0 bridgehead atoms. The average Bonchev–Trinajstić information content (AvgIpc) is 3.03. The number of benzene rings is 2. The van der Waals surface area contributed by atoms with E-state index < -0.39 is 0 Å². The van der Waals surface area contributed by atoms with Crippen molar-refractivity contribution in [3.8, 4) is 5.69 Å². The number of carbonyl (C=O) groups is 1. The van der Waals surface area contributed by atoms with Crippen LogP contribution in [-0.2, 0) is 6.42 Å². The van der Waals surface area contributed by atoms with Crippen molar-refractivity contribution in [1.29, 1.82) is 0 Å². The number of aromatic nitrogens is 3. The second kappa shape index (κ2) is 6.12. The quantitative estimate of drug-likeness (QED) is 0.721. The summed E-state index contributed by atoms with van der Waals surface area (Å²) in [5.41, 5.74) is 3.24. The smallest absolute Gasteiger partial charge is 0.280 e. The van der Waals surface area contributed by atoms with Gasteiger partial charge in [-0.15, -0.1) is 5.10 Å². The molecule has 0 saturated heterocycles. The third kappa shape index (κ3) is 2.80. The van der Waals surface area contributed by atoms with Crippen LogP contribution in [0.2, 0.25) is 0 Å². The van der Waals surface area contributed by atoms with Crippen molar-refractivity contribution in [3.05, 3.63) is 71.3 Å². The van der Waals surface area contributed by atoms with Gasteiger partial charge >= 0.3 is 0 Å². The maximum atomic E-state index is 13.7. The molecule has 0 N–H and O–H groups in total. The Bertz CT molecular complexity index is 936. The van der Waals surface area contributed by atoms with Crippen molar-refractivity contribution >= 4 is 11.6 Å². The third-order valence-electron chi connectivity index (χ3n) is 4.38. The Morgan fingerprint density at radius 1 is 1.12 bits per heavy atom. The predicted molar refractivity (Wildman–Crippen MR) is 92.5 cm³/mol. The Balaban J connectivity index is 1.71. The molecule has 4 rings (SSSR count). The van der Waals surface area contributed by atoms with Gasteiger partial charge in [0.2, 0.25) is 0 Å². The van der Waals surface area contributed by atoms with E-state index >= 15 is 0 Å². The second-order valence-electron chi connectivity index (χ2n) is 6.09. The summed E-state index contributed by atoms with van der Waals surface area (Å²) in [5, 5.41) is 8.73. The van der Waals surface area contributed by atoms with Gasteiger partial charge < -0.3 is 4.90 Å². The van der Waals surface area contributed by atoms with Crippen LogP contribution in [0.25, 0.3) is 5.69 Å². The molecule has 0 saturated carbocycles. The first-order chi connectivity index (χ1) is 12.1. The SMILES string of the molecule is Cc1nn(-c2ccccc2)nc1C(=O)N1CCCc2ccc(F)cc21. The normalized spacial score (nSPS) is 13.6. The fourth-order valence-electron chi connectivity index (χ4n) is 3.14. The highest BCUT2D eigenvalue weighted by Crippen LogP contribution is 2.29. The first-order valence-electron chi connectivity index (χ1n) is 8.23. The van der Waals surface area contributed by atoms with Crippen LogP contribution in [0.5, 0.6) is 0 Å². The molecule has 126 valence electrons. The molecule has 0 aliphatic carbocycles. The number of hydrogen-bond acceptors (Lipinski definition) is 3. The van der Waals surface area contributed by atoms with Gasteiger partial charge in [0.25, 0.3) is 5.91 Å². The standard InChI is InChI=1S/C19H17FN4O/c1-13-18(22-24(21-13)16-7-3-2-4-8-16)19(25)23-11-5-6-14-9-10-15(20)12-17(14)23/h2-4,7-10,12H,5-6,11H2,1H3. The fraction of sp³-hybridized carbons (Fsp3) is 0.211. The van der Waals surface area contributed by atoms with E-state index in [2.05, 4.69) is 10.2 Å². The summed E-state index contributed by atoms with van der Waals surface area (Å²) in [6, 6.07) is 14.0. The number of anilines is 1. The van der Waals surface area contributed by atoms with E-state index in [9.17, 15) is 9.18 Å². The van der Waals surface area contributed by atoms with Gasteiger partial charge in [-0.25, -0.2) is 4.39 Å². The lowest BCUT2D eigenvalue weighted by molar-refractivity contribution is 0.0979. The van der Waals surface area contributed by atoms with Crippen LogP contribution in [0.4, 0.5) is 10.1 Å². The highest BCUT2D eigenvalue weighted by Gasteiger charge is 2.27. The van der Waals surface area contributed by atoms with Crippen LogP contribution in [0.1, 0.15) is 28.2 Å². The predicted octanol–water partition coefficient (Wildman–Crippen LogP) is 3.31. The van der Waals surface area contributed by atoms with E-state index in [1.807, 2.05) is 30.3 Å². The van der Waals surface area contributed by atoms with Gasteiger partial charge in [-0.05, 0) is 49.6 Å². The molecule has 25 heavy (non-hydrogen) atoms. The molecule has 0 radical (unpaired) electrons. The summed E-state index contributed by atoms with van der Waals surface area (Å²) >= 11 is 0. The molecule has 1 amide bonds. The molecule has 0 spiro atoms. The number of halogens is 1. The number of aryl methyl sites for hydroxylation is 2. The van der Waals surface area contributed by atoms with Gasteiger partial charge in [0.15, 0.2) is 5.69 Å². The van der Waals surface area contributed by atoms with Crippen molar-refractivity contribution in [1.82, 2.24) is 15.0 Å². The fourth-order valence-corrected chi connectivity index (χ4v) is 3.14. The largest absolute Gasteiger partial charge is 0.307 e. The van der Waals surface area contributed by atoms with Crippen LogP contribution in [0.3, 0.4) is 0 Å². The molecule has 1 aliphatic rings. The van der Waals surface area contributed by atoms with E-state index in [0.717, 1.165) is 24.1 Å².